The fourth-order valence-corrected chi connectivity index (χ4v) is 3.90. The van der Waals surface area contributed by atoms with E-state index in [1.165, 1.54) is 16.7 Å². The van der Waals surface area contributed by atoms with Gasteiger partial charge in [-0.2, -0.15) is 4.98 Å². The van der Waals surface area contributed by atoms with Crippen molar-refractivity contribution in [2.45, 2.75) is 45.9 Å². The maximum atomic E-state index is 5.38. The monoisotopic (exact) mass is 389 g/mol. The maximum absolute atomic E-state index is 5.38. The predicted octanol–water partition coefficient (Wildman–Crippen LogP) is 4.28. The molecular formula is C23H27N5O. The third-order valence-electron chi connectivity index (χ3n) is 5.35. The first kappa shape index (κ1) is 19.3. The predicted molar refractivity (Wildman–Crippen MR) is 115 cm³/mol. The molecule has 6 nitrogen and oxygen atoms in total. The Morgan fingerprint density at radius 1 is 1.10 bits per heavy atom. The molecule has 4 rings (SSSR count). The molecule has 29 heavy (non-hydrogen) atoms. The van der Waals surface area contributed by atoms with Crippen molar-refractivity contribution in [2.24, 2.45) is 0 Å². The SMILES string of the molecule is CCc1nnc(N2c3cccc(COC)c3CC2C)nc1NCc1ccccc1. The molecule has 0 saturated carbocycles. The molecule has 1 aliphatic heterocycles. The molecular weight excluding hydrogens is 362 g/mol. The number of rotatable bonds is 7. The second-order valence-electron chi connectivity index (χ2n) is 7.37. The second-order valence-corrected chi connectivity index (χ2v) is 7.37. The lowest BCUT2D eigenvalue weighted by Gasteiger charge is -2.23. The van der Waals surface area contributed by atoms with Crippen LogP contribution in [0.4, 0.5) is 17.5 Å². The summed E-state index contributed by atoms with van der Waals surface area (Å²) in [6.45, 7) is 5.59. The van der Waals surface area contributed by atoms with E-state index in [0.717, 1.165) is 30.0 Å². The van der Waals surface area contributed by atoms with Crippen LogP contribution in [0.15, 0.2) is 48.5 Å². The summed E-state index contributed by atoms with van der Waals surface area (Å²) >= 11 is 0. The summed E-state index contributed by atoms with van der Waals surface area (Å²) in [4.78, 5) is 7.06. The van der Waals surface area contributed by atoms with Crippen LogP contribution in [0, 0.1) is 0 Å². The van der Waals surface area contributed by atoms with Crippen molar-refractivity contribution in [3.63, 3.8) is 0 Å². The minimum atomic E-state index is 0.263. The molecule has 0 fully saturated rings. The molecule has 1 aromatic heterocycles. The van der Waals surface area contributed by atoms with E-state index in [1.54, 1.807) is 7.11 Å². The standard InChI is InChI=1S/C23H27N5O/c1-4-20-22(24-14-17-9-6-5-7-10-17)25-23(27-26-20)28-16(2)13-19-18(15-29-3)11-8-12-21(19)28/h5-12,16H,4,13-15H2,1-3H3,(H,24,25,27). The smallest absolute Gasteiger partial charge is 0.252 e. The number of aryl methyl sites for hydroxylation is 1. The van der Waals surface area contributed by atoms with E-state index < -0.39 is 0 Å². The highest BCUT2D eigenvalue weighted by atomic mass is 16.5. The molecule has 150 valence electrons. The van der Waals surface area contributed by atoms with E-state index in [9.17, 15) is 0 Å². The molecule has 1 N–H and O–H groups in total. The topological polar surface area (TPSA) is 63.2 Å². The highest BCUT2D eigenvalue weighted by Crippen LogP contribution is 2.38. The average molecular weight is 390 g/mol. The van der Waals surface area contributed by atoms with Crippen LogP contribution < -0.4 is 10.2 Å². The molecule has 1 atom stereocenters. The number of ether oxygens (including phenoxy) is 1. The van der Waals surface area contributed by atoms with Gasteiger partial charge in [-0.15, -0.1) is 10.2 Å². The number of hydrogen-bond acceptors (Lipinski definition) is 6. The molecule has 0 spiro atoms. The summed E-state index contributed by atoms with van der Waals surface area (Å²) in [5.41, 5.74) is 5.76. The molecule has 1 aliphatic rings. The molecule has 1 unspecified atom stereocenters. The zero-order chi connectivity index (χ0) is 20.2. The van der Waals surface area contributed by atoms with E-state index in [0.29, 0.717) is 19.1 Å². The third-order valence-corrected chi connectivity index (χ3v) is 5.35. The van der Waals surface area contributed by atoms with Crippen molar-refractivity contribution in [1.29, 1.82) is 0 Å². The van der Waals surface area contributed by atoms with Gasteiger partial charge in [0, 0.05) is 25.4 Å². The van der Waals surface area contributed by atoms with Crippen LogP contribution in [-0.2, 0) is 30.7 Å². The summed E-state index contributed by atoms with van der Waals surface area (Å²) in [6.07, 6.45) is 1.72. The van der Waals surface area contributed by atoms with E-state index in [4.69, 9.17) is 9.72 Å². The first-order valence-corrected chi connectivity index (χ1v) is 10.1. The fraction of sp³-hybridized carbons (Fsp3) is 0.348. The molecule has 0 amide bonds. The number of aromatic nitrogens is 3. The Morgan fingerprint density at radius 3 is 2.69 bits per heavy atom. The lowest BCUT2D eigenvalue weighted by atomic mass is 10.0. The van der Waals surface area contributed by atoms with Gasteiger partial charge in [-0.05, 0) is 42.5 Å². The maximum Gasteiger partial charge on any atom is 0.252 e. The minimum Gasteiger partial charge on any atom is -0.380 e. The first-order valence-electron chi connectivity index (χ1n) is 10.1. The van der Waals surface area contributed by atoms with Gasteiger partial charge in [0.05, 0.1) is 6.61 Å². The molecule has 2 heterocycles. The molecule has 0 radical (unpaired) electrons. The Labute approximate surface area is 172 Å². The largest absolute Gasteiger partial charge is 0.380 e. The van der Waals surface area contributed by atoms with Crippen LogP contribution in [-0.4, -0.2) is 28.3 Å². The van der Waals surface area contributed by atoms with Gasteiger partial charge >= 0.3 is 0 Å². The van der Waals surface area contributed by atoms with Gasteiger partial charge in [0.1, 0.15) is 5.69 Å². The van der Waals surface area contributed by atoms with Crippen LogP contribution in [0.25, 0.3) is 0 Å². The number of fused-ring (bicyclic) bond motifs is 1. The van der Waals surface area contributed by atoms with E-state index in [1.807, 2.05) is 18.2 Å². The van der Waals surface area contributed by atoms with Crippen LogP contribution in [0.3, 0.4) is 0 Å². The Balaban J connectivity index is 1.65. The summed E-state index contributed by atoms with van der Waals surface area (Å²) in [5, 5.41) is 12.4. The van der Waals surface area contributed by atoms with Gasteiger partial charge < -0.3 is 15.0 Å². The van der Waals surface area contributed by atoms with Crippen molar-refractivity contribution < 1.29 is 4.74 Å². The number of nitrogens with one attached hydrogen (secondary N) is 1. The summed E-state index contributed by atoms with van der Waals surface area (Å²) < 4.78 is 5.38. The van der Waals surface area contributed by atoms with E-state index in [-0.39, 0.29) is 6.04 Å². The van der Waals surface area contributed by atoms with Gasteiger partial charge in [0.2, 0.25) is 0 Å². The van der Waals surface area contributed by atoms with Crippen molar-refractivity contribution in [3.05, 3.63) is 70.9 Å². The lowest BCUT2D eigenvalue weighted by Crippen LogP contribution is -2.27. The fourth-order valence-electron chi connectivity index (χ4n) is 3.90. The Kier molecular flexibility index (Phi) is 5.71. The molecule has 0 saturated heterocycles. The summed E-state index contributed by atoms with van der Waals surface area (Å²) in [6, 6.07) is 16.9. The minimum absolute atomic E-state index is 0.263. The van der Waals surface area contributed by atoms with E-state index in [2.05, 4.69) is 64.6 Å². The van der Waals surface area contributed by atoms with Crippen molar-refractivity contribution in [1.82, 2.24) is 15.2 Å². The number of anilines is 3. The molecule has 2 aromatic carbocycles. The zero-order valence-corrected chi connectivity index (χ0v) is 17.2. The highest BCUT2D eigenvalue weighted by molar-refractivity contribution is 5.69. The van der Waals surface area contributed by atoms with Crippen molar-refractivity contribution in [3.8, 4) is 0 Å². The van der Waals surface area contributed by atoms with Gasteiger partial charge in [-0.25, -0.2) is 0 Å². The van der Waals surface area contributed by atoms with Crippen molar-refractivity contribution in [2.75, 3.05) is 17.3 Å². The van der Waals surface area contributed by atoms with Crippen LogP contribution in [0.2, 0.25) is 0 Å². The van der Waals surface area contributed by atoms with Crippen LogP contribution in [0.5, 0.6) is 0 Å². The first-order chi connectivity index (χ1) is 14.2. The number of nitrogens with zero attached hydrogens (tertiary/aromatic N) is 4. The number of benzene rings is 2. The van der Waals surface area contributed by atoms with Gasteiger partial charge in [0.15, 0.2) is 5.82 Å². The van der Waals surface area contributed by atoms with Crippen LogP contribution >= 0.6 is 0 Å². The number of methoxy groups -OCH3 is 1. The Hall–Kier alpha value is -2.99. The third kappa shape index (κ3) is 3.93. The molecule has 0 bridgehead atoms. The normalized spacial score (nSPS) is 15.4. The zero-order valence-electron chi connectivity index (χ0n) is 17.2. The second kappa shape index (κ2) is 8.57. The van der Waals surface area contributed by atoms with Gasteiger partial charge in [-0.1, -0.05) is 49.4 Å². The lowest BCUT2D eigenvalue weighted by molar-refractivity contribution is 0.184. The van der Waals surface area contributed by atoms with Gasteiger partial charge in [0.25, 0.3) is 5.95 Å². The van der Waals surface area contributed by atoms with E-state index >= 15 is 0 Å². The van der Waals surface area contributed by atoms with Gasteiger partial charge in [-0.3, -0.25) is 0 Å². The average Bonchev–Trinajstić information content (AvgIpc) is 3.10. The summed E-state index contributed by atoms with van der Waals surface area (Å²) in [5.74, 6) is 1.44. The Bertz CT molecular complexity index is 976. The summed E-state index contributed by atoms with van der Waals surface area (Å²) in [7, 11) is 1.73. The Morgan fingerprint density at radius 2 is 1.93 bits per heavy atom. The molecule has 0 aliphatic carbocycles. The number of hydrogen-bond donors (Lipinski definition) is 1. The highest BCUT2D eigenvalue weighted by Gasteiger charge is 2.31. The molecule has 6 heteroatoms. The van der Waals surface area contributed by atoms with Crippen LogP contribution in [0.1, 0.15) is 36.2 Å². The van der Waals surface area contributed by atoms with Crippen molar-refractivity contribution >= 4 is 17.5 Å². The quantitative estimate of drug-likeness (QED) is 0.651. The molecule has 3 aromatic rings.